The highest BCUT2D eigenvalue weighted by Gasteiger charge is 2.29. The van der Waals surface area contributed by atoms with E-state index in [1.807, 2.05) is 13.0 Å². The molecule has 1 amide bonds. The van der Waals surface area contributed by atoms with Crippen molar-refractivity contribution >= 4 is 12.0 Å². The number of nitrogens with zero attached hydrogens (tertiary/aromatic N) is 2. The first-order valence-corrected chi connectivity index (χ1v) is 10.7. The molecule has 0 saturated heterocycles. The van der Waals surface area contributed by atoms with Gasteiger partial charge in [-0.15, -0.1) is 0 Å². The van der Waals surface area contributed by atoms with Gasteiger partial charge in [-0.05, 0) is 55.6 Å². The number of aryl methyl sites for hydroxylation is 1. The van der Waals surface area contributed by atoms with Crippen LogP contribution in [0.5, 0.6) is 0 Å². The summed E-state index contributed by atoms with van der Waals surface area (Å²) >= 11 is 0. The number of hydrogen-bond donors (Lipinski definition) is 2. The van der Waals surface area contributed by atoms with Crippen LogP contribution >= 0.6 is 0 Å². The number of aromatic nitrogens is 2. The number of hydrogen-bond acceptors (Lipinski definition) is 3. The van der Waals surface area contributed by atoms with Gasteiger partial charge in [0, 0.05) is 11.6 Å². The SMILES string of the molecule is Cc1nn(-c2cc(F)c(C(N)=O)c(CC3CCCCC3O)c2)c2c1C=CC(C)(C)C2. The summed E-state index contributed by atoms with van der Waals surface area (Å²) in [5.41, 5.74) is 9.57. The Balaban J connectivity index is 1.80. The summed E-state index contributed by atoms with van der Waals surface area (Å²) in [6.45, 7) is 6.27. The van der Waals surface area contributed by atoms with Gasteiger partial charge < -0.3 is 10.8 Å². The van der Waals surface area contributed by atoms with E-state index in [0.29, 0.717) is 17.7 Å². The van der Waals surface area contributed by atoms with Gasteiger partial charge in [0.05, 0.1) is 28.7 Å². The molecule has 2 aliphatic carbocycles. The van der Waals surface area contributed by atoms with Gasteiger partial charge in [-0.3, -0.25) is 4.79 Å². The summed E-state index contributed by atoms with van der Waals surface area (Å²) in [6, 6.07) is 3.17. The molecule has 0 aliphatic heterocycles. The fourth-order valence-electron chi connectivity index (χ4n) is 4.90. The minimum absolute atomic E-state index is 0.00152. The third-order valence-corrected chi connectivity index (χ3v) is 6.53. The molecule has 30 heavy (non-hydrogen) atoms. The van der Waals surface area contributed by atoms with Crippen molar-refractivity contribution in [3.05, 3.63) is 52.1 Å². The Bertz CT molecular complexity index is 1020. The number of allylic oxidation sites excluding steroid dienone is 1. The maximum Gasteiger partial charge on any atom is 0.251 e. The van der Waals surface area contributed by atoms with Crippen LogP contribution in [0, 0.1) is 24.1 Å². The lowest BCUT2D eigenvalue weighted by molar-refractivity contribution is 0.0696. The Morgan fingerprint density at radius 1 is 1.33 bits per heavy atom. The number of rotatable bonds is 4. The van der Waals surface area contributed by atoms with Crippen molar-refractivity contribution < 1.29 is 14.3 Å². The third-order valence-electron chi connectivity index (χ3n) is 6.53. The molecule has 1 saturated carbocycles. The maximum absolute atomic E-state index is 15.1. The van der Waals surface area contributed by atoms with Gasteiger partial charge in [-0.25, -0.2) is 9.07 Å². The summed E-state index contributed by atoms with van der Waals surface area (Å²) in [6.07, 6.45) is 8.68. The lowest BCUT2D eigenvalue weighted by Gasteiger charge is -2.28. The van der Waals surface area contributed by atoms with Crippen LogP contribution in [0.25, 0.3) is 11.8 Å². The van der Waals surface area contributed by atoms with E-state index >= 15 is 4.39 Å². The van der Waals surface area contributed by atoms with E-state index in [9.17, 15) is 9.90 Å². The topological polar surface area (TPSA) is 81.1 Å². The molecular formula is C24H30FN3O2. The van der Waals surface area contributed by atoms with Crippen molar-refractivity contribution in [2.24, 2.45) is 17.1 Å². The number of carbonyl (C=O) groups is 1. The van der Waals surface area contributed by atoms with Gasteiger partial charge >= 0.3 is 0 Å². The van der Waals surface area contributed by atoms with Crippen LogP contribution in [-0.2, 0) is 12.8 Å². The standard InChI is InChI=1S/C24H30FN3O2/c1-14-18-8-9-24(2,3)13-20(18)28(27-14)17-11-16(22(23(26)30)19(25)12-17)10-15-6-4-5-7-21(15)29/h8-9,11-12,15,21,29H,4-7,10,13H2,1-3H3,(H2,26,30). The van der Waals surface area contributed by atoms with Gasteiger partial charge in [0.2, 0.25) is 0 Å². The Kier molecular flexibility index (Phi) is 5.30. The predicted molar refractivity (Wildman–Crippen MR) is 115 cm³/mol. The zero-order chi connectivity index (χ0) is 21.6. The van der Waals surface area contributed by atoms with Gasteiger partial charge in [-0.1, -0.05) is 38.8 Å². The summed E-state index contributed by atoms with van der Waals surface area (Å²) in [5, 5.41) is 15.1. The largest absolute Gasteiger partial charge is 0.393 e. The number of fused-ring (bicyclic) bond motifs is 1. The molecule has 1 fully saturated rings. The quantitative estimate of drug-likeness (QED) is 0.794. The second-order valence-corrected chi connectivity index (χ2v) is 9.50. The van der Waals surface area contributed by atoms with Crippen molar-refractivity contribution in [1.29, 1.82) is 0 Å². The van der Waals surface area contributed by atoms with E-state index in [2.05, 4.69) is 31.1 Å². The lowest BCUT2D eigenvalue weighted by Crippen LogP contribution is -2.28. The van der Waals surface area contributed by atoms with Gasteiger partial charge in [0.15, 0.2) is 0 Å². The van der Waals surface area contributed by atoms with Crippen LogP contribution in [-0.4, -0.2) is 26.9 Å². The molecule has 5 nitrogen and oxygen atoms in total. The molecule has 3 N–H and O–H groups in total. The monoisotopic (exact) mass is 411 g/mol. The third kappa shape index (κ3) is 3.81. The van der Waals surface area contributed by atoms with Crippen LogP contribution in [0.4, 0.5) is 4.39 Å². The second kappa shape index (κ2) is 7.65. The fraction of sp³-hybridized carbons (Fsp3) is 0.500. The zero-order valence-corrected chi connectivity index (χ0v) is 17.9. The van der Waals surface area contributed by atoms with E-state index in [1.54, 1.807) is 4.68 Å². The van der Waals surface area contributed by atoms with Crippen molar-refractivity contribution in [3.8, 4) is 5.69 Å². The van der Waals surface area contributed by atoms with Crippen molar-refractivity contribution in [1.82, 2.24) is 9.78 Å². The first-order valence-electron chi connectivity index (χ1n) is 10.7. The number of primary amides is 1. The molecule has 2 aromatic rings. The molecule has 0 bridgehead atoms. The maximum atomic E-state index is 15.1. The molecular weight excluding hydrogens is 381 g/mol. The van der Waals surface area contributed by atoms with Gasteiger partial charge in [0.1, 0.15) is 5.82 Å². The van der Waals surface area contributed by atoms with E-state index in [0.717, 1.165) is 49.1 Å². The smallest absolute Gasteiger partial charge is 0.251 e. The number of benzene rings is 1. The average Bonchev–Trinajstić information content (AvgIpc) is 2.97. The molecule has 2 unspecified atom stereocenters. The van der Waals surface area contributed by atoms with E-state index in [1.165, 1.54) is 6.07 Å². The minimum Gasteiger partial charge on any atom is -0.393 e. The Hall–Kier alpha value is -2.47. The summed E-state index contributed by atoms with van der Waals surface area (Å²) in [7, 11) is 0. The summed E-state index contributed by atoms with van der Waals surface area (Å²) in [4.78, 5) is 12.0. The Labute approximate surface area is 176 Å². The van der Waals surface area contributed by atoms with E-state index < -0.39 is 17.8 Å². The molecule has 1 aromatic carbocycles. The van der Waals surface area contributed by atoms with E-state index in [-0.39, 0.29) is 16.9 Å². The van der Waals surface area contributed by atoms with E-state index in [4.69, 9.17) is 5.73 Å². The Morgan fingerprint density at radius 2 is 2.07 bits per heavy atom. The summed E-state index contributed by atoms with van der Waals surface area (Å²) in [5.74, 6) is -1.41. The number of nitrogens with two attached hydrogens (primary N) is 1. The highest BCUT2D eigenvalue weighted by Crippen LogP contribution is 2.35. The number of carbonyl (C=O) groups excluding carboxylic acids is 1. The van der Waals surface area contributed by atoms with Crippen molar-refractivity contribution in [3.63, 3.8) is 0 Å². The van der Waals surface area contributed by atoms with Gasteiger partial charge in [-0.2, -0.15) is 5.10 Å². The molecule has 4 rings (SSSR count). The first kappa shape index (κ1) is 20.8. The molecule has 6 heteroatoms. The molecule has 2 aliphatic rings. The minimum atomic E-state index is -0.776. The molecule has 0 spiro atoms. The first-order chi connectivity index (χ1) is 14.2. The molecule has 1 aromatic heterocycles. The normalized spacial score (nSPS) is 22.7. The molecule has 160 valence electrons. The number of halogens is 1. The van der Waals surface area contributed by atoms with Crippen LogP contribution < -0.4 is 5.73 Å². The predicted octanol–water partition coefficient (Wildman–Crippen LogP) is 4.11. The van der Waals surface area contributed by atoms with Crippen molar-refractivity contribution in [2.45, 2.75) is 65.4 Å². The molecule has 0 radical (unpaired) electrons. The van der Waals surface area contributed by atoms with Crippen LogP contribution in [0.2, 0.25) is 0 Å². The molecule has 2 atom stereocenters. The average molecular weight is 412 g/mol. The highest BCUT2D eigenvalue weighted by atomic mass is 19.1. The Morgan fingerprint density at radius 3 is 2.77 bits per heavy atom. The van der Waals surface area contributed by atoms with Crippen LogP contribution in [0.15, 0.2) is 18.2 Å². The zero-order valence-electron chi connectivity index (χ0n) is 17.9. The summed E-state index contributed by atoms with van der Waals surface area (Å²) < 4.78 is 16.9. The number of aliphatic hydroxyl groups excluding tert-OH is 1. The number of aliphatic hydroxyl groups is 1. The van der Waals surface area contributed by atoms with Crippen molar-refractivity contribution in [2.75, 3.05) is 0 Å². The van der Waals surface area contributed by atoms with Crippen LogP contribution in [0.3, 0.4) is 0 Å². The van der Waals surface area contributed by atoms with Gasteiger partial charge in [0.25, 0.3) is 5.91 Å². The lowest BCUT2D eigenvalue weighted by atomic mass is 9.81. The fourth-order valence-corrected chi connectivity index (χ4v) is 4.90. The second-order valence-electron chi connectivity index (χ2n) is 9.50. The van der Waals surface area contributed by atoms with Crippen LogP contribution in [0.1, 0.15) is 72.4 Å². The number of amides is 1. The molecule has 1 heterocycles. The highest BCUT2D eigenvalue weighted by molar-refractivity contribution is 5.95.